The summed E-state index contributed by atoms with van der Waals surface area (Å²) in [6, 6.07) is 11.2. The molecular formula is C23H16Cl2N4O5. The molecule has 4 rings (SSSR count). The maximum absolute atomic E-state index is 13.2. The highest BCUT2D eigenvalue weighted by atomic mass is 35.5. The minimum Gasteiger partial charge on any atom is -0.318 e. The maximum atomic E-state index is 13.2. The molecule has 9 nitrogen and oxygen atoms in total. The lowest BCUT2D eigenvalue weighted by atomic mass is 10.1. The Morgan fingerprint density at radius 3 is 2.44 bits per heavy atom. The average molecular weight is 499 g/mol. The number of rotatable bonds is 4. The lowest BCUT2D eigenvalue weighted by molar-refractivity contribution is -0.384. The van der Waals surface area contributed by atoms with Crippen LogP contribution in [0.2, 0.25) is 10.0 Å². The van der Waals surface area contributed by atoms with Gasteiger partial charge in [-0.15, -0.1) is 0 Å². The number of barbiturate groups is 1. The normalized spacial score (nSPS) is 15.1. The predicted molar refractivity (Wildman–Crippen MR) is 127 cm³/mol. The summed E-state index contributed by atoms with van der Waals surface area (Å²) in [7, 11) is 0. The molecule has 172 valence electrons. The number of hydrogen-bond acceptors (Lipinski definition) is 5. The molecule has 2 aromatic carbocycles. The molecule has 0 unspecified atom stereocenters. The van der Waals surface area contributed by atoms with E-state index < -0.39 is 22.8 Å². The van der Waals surface area contributed by atoms with Gasteiger partial charge in [0.05, 0.1) is 21.3 Å². The van der Waals surface area contributed by atoms with Crippen LogP contribution in [-0.2, 0) is 9.59 Å². The second-order valence-electron chi connectivity index (χ2n) is 7.49. The molecule has 3 aromatic rings. The quantitative estimate of drug-likeness (QED) is 0.236. The number of hydrogen-bond donors (Lipinski definition) is 1. The fourth-order valence-corrected chi connectivity index (χ4v) is 4.26. The topological polar surface area (TPSA) is 115 Å². The predicted octanol–water partition coefficient (Wildman–Crippen LogP) is 4.98. The van der Waals surface area contributed by atoms with Crippen LogP contribution in [0.5, 0.6) is 0 Å². The molecule has 0 bridgehead atoms. The maximum Gasteiger partial charge on any atom is 0.335 e. The van der Waals surface area contributed by atoms with E-state index in [9.17, 15) is 24.5 Å². The summed E-state index contributed by atoms with van der Waals surface area (Å²) in [5.41, 5.74) is 2.18. The van der Waals surface area contributed by atoms with E-state index in [1.54, 1.807) is 36.6 Å². The fraction of sp³-hybridized carbons (Fsp3) is 0.0870. The number of urea groups is 1. The van der Waals surface area contributed by atoms with E-state index in [1.165, 1.54) is 36.4 Å². The molecule has 11 heteroatoms. The van der Waals surface area contributed by atoms with Crippen LogP contribution < -0.4 is 10.2 Å². The first kappa shape index (κ1) is 23.2. The van der Waals surface area contributed by atoms with Crippen LogP contribution in [0.15, 0.2) is 54.1 Å². The second kappa shape index (κ2) is 8.77. The Bertz CT molecular complexity index is 1430. The first-order chi connectivity index (χ1) is 16.1. The molecule has 1 saturated heterocycles. The summed E-state index contributed by atoms with van der Waals surface area (Å²) in [5.74, 6) is -1.70. The third-order valence-corrected chi connectivity index (χ3v) is 5.86. The van der Waals surface area contributed by atoms with Crippen LogP contribution in [-0.4, -0.2) is 27.3 Å². The third kappa shape index (κ3) is 4.07. The molecule has 0 atom stereocenters. The van der Waals surface area contributed by atoms with Crippen LogP contribution in [0, 0.1) is 24.0 Å². The Morgan fingerprint density at radius 1 is 1.03 bits per heavy atom. The number of aromatic nitrogens is 1. The number of imide groups is 2. The molecule has 1 fully saturated rings. The highest BCUT2D eigenvalue weighted by Crippen LogP contribution is 2.32. The molecule has 0 saturated carbocycles. The molecule has 1 N–H and O–H groups in total. The van der Waals surface area contributed by atoms with Gasteiger partial charge in [0.25, 0.3) is 17.5 Å². The van der Waals surface area contributed by atoms with Crippen molar-refractivity contribution in [2.75, 3.05) is 4.90 Å². The van der Waals surface area contributed by atoms with Crippen molar-refractivity contribution in [1.82, 2.24) is 9.88 Å². The molecule has 1 aliphatic heterocycles. The van der Waals surface area contributed by atoms with Gasteiger partial charge >= 0.3 is 6.03 Å². The van der Waals surface area contributed by atoms with Crippen LogP contribution in [0.25, 0.3) is 11.8 Å². The molecule has 0 radical (unpaired) electrons. The van der Waals surface area contributed by atoms with E-state index >= 15 is 0 Å². The second-order valence-corrected chi connectivity index (χ2v) is 8.34. The third-order valence-electron chi connectivity index (χ3n) is 5.32. The number of nitrogens with zero attached hydrogens (tertiary/aromatic N) is 3. The Hall–Kier alpha value is -3.95. The van der Waals surface area contributed by atoms with Crippen molar-refractivity contribution in [2.45, 2.75) is 13.8 Å². The molecule has 4 amide bonds. The number of halogens is 2. The van der Waals surface area contributed by atoms with Gasteiger partial charge in [0.2, 0.25) is 0 Å². The van der Waals surface area contributed by atoms with Gasteiger partial charge < -0.3 is 4.57 Å². The summed E-state index contributed by atoms with van der Waals surface area (Å²) < 4.78 is 1.77. The monoisotopic (exact) mass is 498 g/mol. The first-order valence-electron chi connectivity index (χ1n) is 9.88. The van der Waals surface area contributed by atoms with E-state index in [4.69, 9.17) is 23.2 Å². The van der Waals surface area contributed by atoms with Crippen molar-refractivity contribution in [3.63, 3.8) is 0 Å². The number of carbonyl (C=O) groups excluding carboxylic acids is 3. The molecule has 0 spiro atoms. The van der Waals surface area contributed by atoms with Crippen molar-refractivity contribution in [3.05, 3.63) is 91.2 Å². The molecule has 2 heterocycles. The number of benzene rings is 2. The van der Waals surface area contributed by atoms with Crippen molar-refractivity contribution in [2.24, 2.45) is 0 Å². The summed E-state index contributed by atoms with van der Waals surface area (Å²) in [5, 5.41) is 13.7. The van der Waals surface area contributed by atoms with Gasteiger partial charge in [-0.2, -0.15) is 0 Å². The van der Waals surface area contributed by atoms with Crippen LogP contribution in [0.1, 0.15) is 17.0 Å². The Balaban J connectivity index is 1.78. The van der Waals surface area contributed by atoms with Gasteiger partial charge in [-0.3, -0.25) is 25.0 Å². The summed E-state index contributed by atoms with van der Waals surface area (Å²) >= 11 is 12.1. The minimum atomic E-state index is -0.932. The number of non-ortho nitro benzene ring substituents is 1. The van der Waals surface area contributed by atoms with Crippen molar-refractivity contribution >= 4 is 58.5 Å². The molecule has 34 heavy (non-hydrogen) atoms. The number of nitro benzene ring substituents is 1. The molecular weight excluding hydrogens is 483 g/mol. The fourth-order valence-electron chi connectivity index (χ4n) is 3.77. The highest BCUT2D eigenvalue weighted by molar-refractivity contribution is 6.42. The van der Waals surface area contributed by atoms with Gasteiger partial charge in [-0.05, 0) is 55.8 Å². The summed E-state index contributed by atoms with van der Waals surface area (Å²) in [6.07, 6.45) is 1.37. The number of anilines is 1. The average Bonchev–Trinajstić information content (AvgIpc) is 3.05. The first-order valence-corrected chi connectivity index (χ1v) is 10.6. The standard InChI is InChI=1S/C23H16Cl2N4O5/c1-12-8-14(13(2)27(12)16-4-3-5-17(11-16)29(33)34)9-18-21(30)26-23(32)28(22(18)31)20-7-6-15(24)10-19(20)25/h3-11H,1-2H3,(H,26,30,32)/b18-9+. The van der Waals surface area contributed by atoms with Crippen LogP contribution in [0.4, 0.5) is 16.2 Å². The summed E-state index contributed by atoms with van der Waals surface area (Å²) in [6.45, 7) is 3.54. The van der Waals surface area contributed by atoms with Gasteiger partial charge in [-0.1, -0.05) is 29.3 Å². The van der Waals surface area contributed by atoms with E-state index in [2.05, 4.69) is 5.32 Å². The lowest BCUT2D eigenvalue weighted by Gasteiger charge is -2.27. The largest absolute Gasteiger partial charge is 0.335 e. The van der Waals surface area contributed by atoms with E-state index in [1.807, 2.05) is 0 Å². The number of carbonyl (C=O) groups is 3. The van der Waals surface area contributed by atoms with E-state index in [0.29, 0.717) is 22.0 Å². The highest BCUT2D eigenvalue weighted by Gasteiger charge is 2.38. The Kier molecular flexibility index (Phi) is 5.99. The zero-order chi connectivity index (χ0) is 24.7. The zero-order valence-electron chi connectivity index (χ0n) is 17.8. The lowest BCUT2D eigenvalue weighted by Crippen LogP contribution is -2.54. The summed E-state index contributed by atoms with van der Waals surface area (Å²) in [4.78, 5) is 49.6. The Labute approximate surface area is 203 Å². The van der Waals surface area contributed by atoms with Gasteiger partial charge in [0.15, 0.2) is 0 Å². The number of aryl methyl sites for hydroxylation is 1. The van der Waals surface area contributed by atoms with Gasteiger partial charge in [0.1, 0.15) is 5.57 Å². The SMILES string of the molecule is Cc1cc(/C=C2\C(=O)NC(=O)N(c3ccc(Cl)cc3Cl)C2=O)c(C)n1-c1cccc([N+](=O)[O-])c1. The van der Waals surface area contributed by atoms with Crippen LogP contribution >= 0.6 is 23.2 Å². The number of nitro groups is 1. The zero-order valence-corrected chi connectivity index (χ0v) is 19.3. The van der Waals surface area contributed by atoms with Crippen molar-refractivity contribution in [3.8, 4) is 5.69 Å². The Morgan fingerprint density at radius 2 is 1.76 bits per heavy atom. The van der Waals surface area contributed by atoms with Crippen LogP contribution in [0.3, 0.4) is 0 Å². The molecule has 1 aliphatic rings. The minimum absolute atomic E-state index is 0.0635. The van der Waals surface area contributed by atoms with Gasteiger partial charge in [0, 0.05) is 28.5 Å². The van der Waals surface area contributed by atoms with E-state index in [0.717, 1.165) is 10.6 Å². The number of nitrogens with one attached hydrogen (secondary N) is 1. The molecule has 0 aliphatic carbocycles. The molecule has 1 aromatic heterocycles. The van der Waals surface area contributed by atoms with Gasteiger partial charge in [-0.25, -0.2) is 9.69 Å². The van der Waals surface area contributed by atoms with E-state index in [-0.39, 0.29) is 22.0 Å². The van der Waals surface area contributed by atoms with Crippen molar-refractivity contribution in [1.29, 1.82) is 0 Å². The van der Waals surface area contributed by atoms with Crippen molar-refractivity contribution < 1.29 is 19.3 Å². The number of amides is 4. The smallest absolute Gasteiger partial charge is 0.318 e.